The van der Waals surface area contributed by atoms with E-state index in [0.717, 1.165) is 5.69 Å². The van der Waals surface area contributed by atoms with Gasteiger partial charge in [-0.25, -0.2) is 0 Å². The molecule has 0 bridgehead atoms. The maximum absolute atomic E-state index is 11.8. The Kier molecular flexibility index (Phi) is 6.72. The average molecular weight is 292 g/mol. The van der Waals surface area contributed by atoms with Gasteiger partial charge in [0.15, 0.2) is 0 Å². The quantitative estimate of drug-likeness (QED) is 0.838. The summed E-state index contributed by atoms with van der Waals surface area (Å²) in [6.07, 6.45) is 0.281. The molecule has 5 nitrogen and oxygen atoms in total. The highest BCUT2D eigenvalue weighted by atomic mass is 16.5. The zero-order chi connectivity index (χ0) is 15.8. The van der Waals surface area contributed by atoms with Crippen LogP contribution in [0.2, 0.25) is 0 Å². The third kappa shape index (κ3) is 5.85. The molecule has 0 saturated carbocycles. The van der Waals surface area contributed by atoms with Crippen LogP contribution in [0.1, 0.15) is 27.2 Å². The number of nitrogens with one attached hydrogen (secondary N) is 1. The third-order valence-corrected chi connectivity index (χ3v) is 3.02. The Bertz CT molecular complexity index is 486. The number of ether oxygens (including phenoxy) is 1. The summed E-state index contributed by atoms with van der Waals surface area (Å²) in [6, 6.07) is 7.25. The first-order valence-corrected chi connectivity index (χ1v) is 7.13. The molecule has 2 amide bonds. The first-order valence-electron chi connectivity index (χ1n) is 7.13. The summed E-state index contributed by atoms with van der Waals surface area (Å²) in [7, 11) is 1.58. The summed E-state index contributed by atoms with van der Waals surface area (Å²) in [4.78, 5) is 25.1. The number of methoxy groups -OCH3 is 1. The Morgan fingerprint density at radius 3 is 2.62 bits per heavy atom. The first kappa shape index (κ1) is 17.0. The molecule has 0 aromatic heterocycles. The van der Waals surface area contributed by atoms with Crippen LogP contribution in [0, 0.1) is 5.92 Å². The third-order valence-electron chi connectivity index (χ3n) is 3.02. The summed E-state index contributed by atoms with van der Waals surface area (Å²) < 4.78 is 5.16. The number of rotatable bonds is 7. The van der Waals surface area contributed by atoms with Gasteiger partial charge in [0.25, 0.3) is 0 Å². The van der Waals surface area contributed by atoms with Gasteiger partial charge >= 0.3 is 0 Å². The van der Waals surface area contributed by atoms with Gasteiger partial charge in [-0.05, 0) is 18.1 Å². The lowest BCUT2D eigenvalue weighted by atomic mass is 10.2. The van der Waals surface area contributed by atoms with Crippen LogP contribution < -0.4 is 15.0 Å². The Balaban J connectivity index is 2.66. The molecular weight excluding hydrogens is 268 g/mol. The van der Waals surface area contributed by atoms with E-state index < -0.39 is 0 Å². The predicted molar refractivity (Wildman–Crippen MR) is 83.5 cm³/mol. The van der Waals surface area contributed by atoms with Gasteiger partial charge in [0.2, 0.25) is 11.8 Å². The summed E-state index contributed by atoms with van der Waals surface area (Å²) >= 11 is 0. The maximum Gasteiger partial charge on any atom is 0.223 e. The Labute approximate surface area is 126 Å². The fraction of sp³-hybridized carbons (Fsp3) is 0.500. The van der Waals surface area contributed by atoms with Crippen LogP contribution in [0.4, 0.5) is 5.69 Å². The van der Waals surface area contributed by atoms with Crippen molar-refractivity contribution in [2.24, 2.45) is 5.92 Å². The van der Waals surface area contributed by atoms with Crippen molar-refractivity contribution >= 4 is 17.5 Å². The lowest BCUT2D eigenvalue weighted by Crippen LogP contribution is -2.34. The van der Waals surface area contributed by atoms with E-state index in [9.17, 15) is 9.59 Å². The lowest BCUT2D eigenvalue weighted by molar-refractivity contribution is -0.121. The summed E-state index contributed by atoms with van der Waals surface area (Å²) in [5.74, 6) is 0.956. The first-order chi connectivity index (χ1) is 9.93. The molecule has 1 N–H and O–H groups in total. The highest BCUT2D eigenvalue weighted by Gasteiger charge is 2.14. The van der Waals surface area contributed by atoms with Gasteiger partial charge in [-0.2, -0.15) is 0 Å². The van der Waals surface area contributed by atoms with E-state index in [2.05, 4.69) is 5.32 Å². The van der Waals surface area contributed by atoms with Crippen molar-refractivity contribution in [1.82, 2.24) is 5.32 Å². The second kappa shape index (κ2) is 8.29. The highest BCUT2D eigenvalue weighted by molar-refractivity contribution is 5.92. The van der Waals surface area contributed by atoms with Crippen LogP contribution in [-0.2, 0) is 9.59 Å². The van der Waals surface area contributed by atoms with E-state index in [0.29, 0.717) is 24.8 Å². The van der Waals surface area contributed by atoms with Crippen LogP contribution in [0.5, 0.6) is 5.75 Å². The Morgan fingerprint density at radius 2 is 2.05 bits per heavy atom. The zero-order valence-corrected chi connectivity index (χ0v) is 13.2. The lowest BCUT2D eigenvalue weighted by Gasteiger charge is -2.21. The van der Waals surface area contributed by atoms with E-state index in [1.165, 1.54) is 6.92 Å². The van der Waals surface area contributed by atoms with Crippen LogP contribution in [0.25, 0.3) is 0 Å². The molecule has 1 rings (SSSR count). The molecule has 5 heteroatoms. The Morgan fingerprint density at radius 1 is 1.33 bits per heavy atom. The number of hydrogen-bond acceptors (Lipinski definition) is 3. The molecule has 116 valence electrons. The van der Waals surface area contributed by atoms with Gasteiger partial charge < -0.3 is 15.0 Å². The van der Waals surface area contributed by atoms with E-state index >= 15 is 0 Å². The molecule has 0 saturated heterocycles. The smallest absolute Gasteiger partial charge is 0.223 e. The number of amides is 2. The van der Waals surface area contributed by atoms with Crippen LogP contribution in [0.3, 0.4) is 0 Å². The molecule has 0 unspecified atom stereocenters. The number of benzene rings is 1. The molecule has 0 fully saturated rings. The minimum atomic E-state index is -0.0973. The SMILES string of the molecule is COc1cccc(N(CCC(=O)NCC(C)C)C(C)=O)c1. The number of carbonyl (C=O) groups is 2. The van der Waals surface area contributed by atoms with Crippen molar-refractivity contribution in [3.63, 3.8) is 0 Å². The number of anilines is 1. The van der Waals surface area contributed by atoms with Crippen molar-refractivity contribution in [2.45, 2.75) is 27.2 Å². The average Bonchev–Trinajstić information content (AvgIpc) is 2.45. The molecule has 0 spiro atoms. The molecule has 0 aliphatic heterocycles. The zero-order valence-electron chi connectivity index (χ0n) is 13.2. The number of hydrogen-bond donors (Lipinski definition) is 1. The van der Waals surface area contributed by atoms with Gasteiger partial charge in [0.1, 0.15) is 5.75 Å². The van der Waals surface area contributed by atoms with Gasteiger partial charge in [-0.3, -0.25) is 9.59 Å². The van der Waals surface area contributed by atoms with Gasteiger partial charge in [-0.15, -0.1) is 0 Å². The van der Waals surface area contributed by atoms with Gasteiger partial charge in [0.05, 0.1) is 7.11 Å². The largest absolute Gasteiger partial charge is 0.497 e. The summed E-state index contributed by atoms with van der Waals surface area (Å²) in [5.41, 5.74) is 0.735. The van der Waals surface area contributed by atoms with Crippen LogP contribution in [-0.4, -0.2) is 32.0 Å². The molecule has 0 heterocycles. The van der Waals surface area contributed by atoms with Gasteiger partial charge in [-0.1, -0.05) is 19.9 Å². The molecular formula is C16H24N2O3. The van der Waals surface area contributed by atoms with Crippen molar-refractivity contribution < 1.29 is 14.3 Å². The normalized spacial score (nSPS) is 10.3. The number of nitrogens with zero attached hydrogens (tertiary/aromatic N) is 1. The van der Waals surface area contributed by atoms with Crippen molar-refractivity contribution in [3.8, 4) is 5.75 Å². The van der Waals surface area contributed by atoms with Crippen LogP contribution in [0.15, 0.2) is 24.3 Å². The van der Waals surface area contributed by atoms with Gasteiger partial charge in [0, 0.05) is 38.2 Å². The second-order valence-corrected chi connectivity index (χ2v) is 5.32. The fourth-order valence-corrected chi connectivity index (χ4v) is 1.87. The fourth-order valence-electron chi connectivity index (χ4n) is 1.87. The van der Waals surface area contributed by atoms with E-state index in [1.807, 2.05) is 32.0 Å². The minimum Gasteiger partial charge on any atom is -0.497 e. The molecule has 0 aliphatic carbocycles. The van der Waals surface area contributed by atoms with Crippen molar-refractivity contribution in [1.29, 1.82) is 0 Å². The summed E-state index contributed by atoms with van der Waals surface area (Å²) in [6.45, 7) is 6.58. The monoisotopic (exact) mass is 292 g/mol. The van der Waals surface area contributed by atoms with Crippen molar-refractivity contribution in [3.05, 3.63) is 24.3 Å². The number of carbonyl (C=O) groups excluding carboxylic acids is 2. The molecule has 21 heavy (non-hydrogen) atoms. The van der Waals surface area contributed by atoms with E-state index in [1.54, 1.807) is 18.1 Å². The molecule has 0 atom stereocenters. The topological polar surface area (TPSA) is 58.6 Å². The molecule has 0 radical (unpaired) electrons. The predicted octanol–water partition coefficient (Wildman–Crippen LogP) is 2.21. The highest BCUT2D eigenvalue weighted by Crippen LogP contribution is 2.21. The summed E-state index contributed by atoms with van der Waals surface area (Å²) in [5, 5.41) is 2.85. The van der Waals surface area contributed by atoms with E-state index in [-0.39, 0.29) is 18.2 Å². The molecule has 0 aliphatic rings. The van der Waals surface area contributed by atoms with Crippen molar-refractivity contribution in [2.75, 3.05) is 25.1 Å². The molecule has 1 aromatic carbocycles. The van der Waals surface area contributed by atoms with Crippen LogP contribution >= 0.6 is 0 Å². The second-order valence-electron chi connectivity index (χ2n) is 5.32. The van der Waals surface area contributed by atoms with E-state index in [4.69, 9.17) is 4.74 Å². The maximum atomic E-state index is 11.8. The minimum absolute atomic E-state index is 0.0437. The Hall–Kier alpha value is -2.04. The standard InChI is InChI=1S/C16H24N2O3/c1-12(2)11-17-16(20)8-9-18(13(3)19)14-6-5-7-15(10-14)21-4/h5-7,10,12H,8-9,11H2,1-4H3,(H,17,20). The molecule has 1 aromatic rings.